The number of pyridine rings is 1. The second kappa shape index (κ2) is 4.29. The third kappa shape index (κ3) is 2.55. The normalized spacial score (nSPS) is 17.8. The molecular weight excluding hydrogens is 186 g/mol. The second-order valence-corrected chi connectivity index (χ2v) is 4.61. The maximum atomic E-state index is 5.60. The minimum atomic E-state index is 0.220. The lowest BCUT2D eigenvalue weighted by Gasteiger charge is -2.17. The van der Waals surface area contributed by atoms with Crippen LogP contribution in [0.2, 0.25) is 0 Å². The summed E-state index contributed by atoms with van der Waals surface area (Å²) in [7, 11) is 0. The van der Waals surface area contributed by atoms with Crippen LogP contribution in [0.25, 0.3) is 0 Å². The van der Waals surface area contributed by atoms with E-state index in [-0.39, 0.29) is 6.04 Å². The molecule has 3 heteroatoms. The van der Waals surface area contributed by atoms with Gasteiger partial charge >= 0.3 is 0 Å². The highest BCUT2D eigenvalue weighted by Crippen LogP contribution is 2.37. The maximum Gasteiger partial charge on any atom is 0.0637 e. The van der Waals surface area contributed by atoms with E-state index in [1.807, 2.05) is 6.20 Å². The summed E-state index contributed by atoms with van der Waals surface area (Å²) < 4.78 is 0. The zero-order valence-corrected chi connectivity index (χ0v) is 9.46. The average molecular weight is 205 g/mol. The van der Waals surface area contributed by atoms with E-state index in [9.17, 15) is 0 Å². The lowest BCUT2D eigenvalue weighted by molar-refractivity contribution is 0.474. The molecule has 1 aromatic heterocycles. The van der Waals surface area contributed by atoms with Gasteiger partial charge in [-0.25, -0.2) is 0 Å². The Bertz CT molecular complexity index is 345. The van der Waals surface area contributed by atoms with Crippen molar-refractivity contribution in [3.8, 4) is 0 Å². The Kier molecular flexibility index (Phi) is 3.03. The zero-order valence-electron chi connectivity index (χ0n) is 9.46. The van der Waals surface area contributed by atoms with Crippen molar-refractivity contribution in [1.29, 1.82) is 0 Å². The van der Waals surface area contributed by atoms with Gasteiger partial charge in [0.05, 0.1) is 11.7 Å². The highest BCUT2D eigenvalue weighted by atomic mass is 15.2. The van der Waals surface area contributed by atoms with Gasteiger partial charge in [-0.3, -0.25) is 16.3 Å². The SMILES string of the molecule is Cc1cnc(C(CC2CC2)NN)c(C)c1. The molecule has 0 aromatic carbocycles. The lowest BCUT2D eigenvalue weighted by atomic mass is 10.0. The van der Waals surface area contributed by atoms with Crippen LogP contribution in [-0.2, 0) is 0 Å². The zero-order chi connectivity index (χ0) is 10.8. The number of hydrogen-bond acceptors (Lipinski definition) is 3. The summed E-state index contributed by atoms with van der Waals surface area (Å²) in [4.78, 5) is 4.49. The summed E-state index contributed by atoms with van der Waals surface area (Å²) in [6, 6.07) is 2.39. The monoisotopic (exact) mass is 205 g/mol. The summed E-state index contributed by atoms with van der Waals surface area (Å²) >= 11 is 0. The van der Waals surface area contributed by atoms with E-state index in [1.54, 1.807) is 0 Å². The minimum Gasteiger partial charge on any atom is -0.271 e. The fraction of sp³-hybridized carbons (Fsp3) is 0.583. The van der Waals surface area contributed by atoms with Crippen molar-refractivity contribution < 1.29 is 0 Å². The Hall–Kier alpha value is -0.930. The molecule has 1 aliphatic rings. The van der Waals surface area contributed by atoms with Crippen LogP contribution < -0.4 is 11.3 Å². The molecule has 1 unspecified atom stereocenters. The van der Waals surface area contributed by atoms with Gasteiger partial charge in [-0.05, 0) is 37.3 Å². The Morgan fingerprint density at radius 3 is 2.80 bits per heavy atom. The van der Waals surface area contributed by atoms with Gasteiger partial charge in [0.25, 0.3) is 0 Å². The number of hydrazine groups is 1. The molecule has 82 valence electrons. The average Bonchev–Trinajstić information content (AvgIpc) is 2.99. The molecule has 1 heterocycles. The number of hydrogen-bond donors (Lipinski definition) is 2. The first-order valence-corrected chi connectivity index (χ1v) is 5.60. The highest BCUT2D eigenvalue weighted by molar-refractivity contribution is 5.25. The molecule has 0 amide bonds. The summed E-state index contributed by atoms with van der Waals surface area (Å²) in [5.41, 5.74) is 6.44. The van der Waals surface area contributed by atoms with Crippen molar-refractivity contribution in [3.63, 3.8) is 0 Å². The molecule has 1 atom stereocenters. The predicted octanol–water partition coefficient (Wildman–Crippen LogP) is 2.00. The molecule has 0 saturated heterocycles. The molecule has 0 aliphatic heterocycles. The first-order valence-electron chi connectivity index (χ1n) is 5.60. The maximum absolute atomic E-state index is 5.60. The smallest absolute Gasteiger partial charge is 0.0637 e. The molecule has 0 spiro atoms. The van der Waals surface area contributed by atoms with Gasteiger partial charge in [-0.15, -0.1) is 0 Å². The van der Waals surface area contributed by atoms with Crippen LogP contribution in [0.15, 0.2) is 12.3 Å². The largest absolute Gasteiger partial charge is 0.271 e. The molecule has 3 nitrogen and oxygen atoms in total. The highest BCUT2D eigenvalue weighted by Gasteiger charge is 2.26. The van der Waals surface area contributed by atoms with Crippen LogP contribution in [0.4, 0.5) is 0 Å². The first-order chi connectivity index (χ1) is 7.20. The molecule has 2 rings (SSSR count). The van der Waals surface area contributed by atoms with Crippen LogP contribution in [0.3, 0.4) is 0 Å². The van der Waals surface area contributed by atoms with Crippen LogP contribution in [0.5, 0.6) is 0 Å². The topological polar surface area (TPSA) is 50.9 Å². The van der Waals surface area contributed by atoms with Crippen molar-refractivity contribution in [2.45, 2.75) is 39.2 Å². The fourth-order valence-electron chi connectivity index (χ4n) is 2.04. The van der Waals surface area contributed by atoms with Crippen LogP contribution >= 0.6 is 0 Å². The van der Waals surface area contributed by atoms with E-state index >= 15 is 0 Å². The van der Waals surface area contributed by atoms with Gasteiger partial charge in [0.15, 0.2) is 0 Å². The van der Waals surface area contributed by atoms with Gasteiger partial charge < -0.3 is 0 Å². The minimum absolute atomic E-state index is 0.220. The van der Waals surface area contributed by atoms with Crippen molar-refractivity contribution >= 4 is 0 Å². The lowest BCUT2D eigenvalue weighted by Crippen LogP contribution is -2.29. The Balaban J connectivity index is 2.16. The van der Waals surface area contributed by atoms with E-state index in [2.05, 4.69) is 30.3 Å². The molecule has 1 aromatic rings. The van der Waals surface area contributed by atoms with Gasteiger partial charge in [0.1, 0.15) is 0 Å². The summed E-state index contributed by atoms with van der Waals surface area (Å²) in [5, 5.41) is 0. The predicted molar refractivity (Wildman–Crippen MR) is 61.1 cm³/mol. The molecule has 0 bridgehead atoms. The number of nitrogens with zero attached hydrogens (tertiary/aromatic N) is 1. The molecule has 1 aliphatic carbocycles. The van der Waals surface area contributed by atoms with Crippen LogP contribution in [0, 0.1) is 19.8 Å². The van der Waals surface area contributed by atoms with Gasteiger partial charge in [-0.1, -0.05) is 18.9 Å². The second-order valence-electron chi connectivity index (χ2n) is 4.61. The standard InChI is InChI=1S/C12H19N3/c1-8-5-9(2)12(14-7-8)11(15-13)6-10-3-4-10/h5,7,10-11,15H,3-4,6,13H2,1-2H3. The third-order valence-electron chi connectivity index (χ3n) is 3.05. The van der Waals surface area contributed by atoms with Crippen LogP contribution in [0.1, 0.15) is 42.1 Å². The summed E-state index contributed by atoms with van der Waals surface area (Å²) in [6.45, 7) is 4.17. The van der Waals surface area contributed by atoms with Crippen molar-refractivity contribution in [1.82, 2.24) is 10.4 Å². The molecule has 3 N–H and O–H groups in total. The Morgan fingerprint density at radius 1 is 1.53 bits per heavy atom. The number of rotatable bonds is 4. The Morgan fingerprint density at radius 2 is 2.27 bits per heavy atom. The number of aryl methyl sites for hydroxylation is 2. The fourth-order valence-corrected chi connectivity index (χ4v) is 2.04. The van der Waals surface area contributed by atoms with Gasteiger partial charge in [0, 0.05) is 6.20 Å². The quantitative estimate of drug-likeness (QED) is 0.584. The summed E-state index contributed by atoms with van der Waals surface area (Å²) in [6.07, 6.45) is 5.74. The molecule has 1 fully saturated rings. The van der Waals surface area contributed by atoms with Gasteiger partial charge in [0.2, 0.25) is 0 Å². The Labute approximate surface area is 91.1 Å². The first kappa shape index (κ1) is 10.6. The molecule has 0 radical (unpaired) electrons. The molecule has 15 heavy (non-hydrogen) atoms. The van der Waals surface area contributed by atoms with E-state index < -0.39 is 0 Å². The number of nitrogens with two attached hydrogens (primary N) is 1. The molecule has 1 saturated carbocycles. The van der Waals surface area contributed by atoms with E-state index in [1.165, 1.54) is 24.0 Å². The van der Waals surface area contributed by atoms with E-state index in [0.717, 1.165) is 18.0 Å². The van der Waals surface area contributed by atoms with E-state index in [4.69, 9.17) is 5.84 Å². The van der Waals surface area contributed by atoms with Crippen molar-refractivity contribution in [2.24, 2.45) is 11.8 Å². The van der Waals surface area contributed by atoms with Crippen molar-refractivity contribution in [3.05, 3.63) is 29.1 Å². The van der Waals surface area contributed by atoms with Crippen molar-refractivity contribution in [2.75, 3.05) is 0 Å². The number of aromatic nitrogens is 1. The van der Waals surface area contributed by atoms with Gasteiger partial charge in [-0.2, -0.15) is 0 Å². The summed E-state index contributed by atoms with van der Waals surface area (Å²) in [5.74, 6) is 6.45. The third-order valence-corrected chi connectivity index (χ3v) is 3.05. The molecular formula is C12H19N3. The van der Waals surface area contributed by atoms with E-state index in [0.29, 0.717) is 0 Å². The number of nitrogens with one attached hydrogen (secondary N) is 1. The van der Waals surface area contributed by atoms with Crippen LogP contribution in [-0.4, -0.2) is 4.98 Å².